The van der Waals surface area contributed by atoms with Crippen LogP contribution in [0.15, 0.2) is 23.2 Å². The molecule has 0 aromatic heterocycles. The highest BCUT2D eigenvalue weighted by atomic mass is 127. The number of hydrogen-bond donors (Lipinski definition) is 2. The van der Waals surface area contributed by atoms with E-state index >= 15 is 0 Å². The molecule has 3 rings (SSSR count). The van der Waals surface area contributed by atoms with Crippen LogP contribution in [-0.4, -0.2) is 38.9 Å². The van der Waals surface area contributed by atoms with Crippen molar-refractivity contribution >= 4 is 41.5 Å². The number of methoxy groups -OCH3 is 1. The Bertz CT molecular complexity index is 643. The molecule has 0 bridgehead atoms. The zero-order valence-electron chi connectivity index (χ0n) is 16.7. The molecule has 1 heterocycles. The van der Waals surface area contributed by atoms with E-state index in [4.69, 9.17) is 31.8 Å². The number of benzene rings is 1. The molecule has 0 radical (unpaired) electrons. The lowest BCUT2D eigenvalue weighted by atomic mass is 9.73. The van der Waals surface area contributed by atoms with Crippen molar-refractivity contribution in [3.63, 3.8) is 0 Å². The molecule has 1 saturated heterocycles. The van der Waals surface area contributed by atoms with Gasteiger partial charge in [-0.15, -0.1) is 24.0 Å². The van der Waals surface area contributed by atoms with E-state index in [9.17, 15) is 0 Å². The third-order valence-corrected chi connectivity index (χ3v) is 6.18. The lowest BCUT2D eigenvalue weighted by Gasteiger charge is -2.37. The van der Waals surface area contributed by atoms with Gasteiger partial charge in [0.15, 0.2) is 5.96 Å². The smallest absolute Gasteiger partial charge is 0.188 e. The van der Waals surface area contributed by atoms with Crippen LogP contribution in [0.5, 0.6) is 5.75 Å². The Labute approximate surface area is 190 Å². The van der Waals surface area contributed by atoms with Crippen molar-refractivity contribution in [1.29, 1.82) is 0 Å². The fourth-order valence-electron chi connectivity index (χ4n) is 4.28. The van der Waals surface area contributed by atoms with Gasteiger partial charge in [0.1, 0.15) is 5.75 Å². The van der Waals surface area contributed by atoms with E-state index in [0.717, 1.165) is 24.2 Å². The molecule has 1 aromatic carbocycles. The molecule has 5 nitrogen and oxygen atoms in total. The zero-order chi connectivity index (χ0) is 19.1. The number of nitrogens with zero attached hydrogens (tertiary/aromatic N) is 1. The van der Waals surface area contributed by atoms with E-state index in [1.807, 2.05) is 18.2 Å². The van der Waals surface area contributed by atoms with Crippen molar-refractivity contribution < 1.29 is 9.47 Å². The summed E-state index contributed by atoms with van der Waals surface area (Å²) in [7, 11) is 1.70. The summed E-state index contributed by atoms with van der Waals surface area (Å²) >= 11 is 6.30. The van der Waals surface area contributed by atoms with Gasteiger partial charge in [-0.2, -0.15) is 0 Å². The number of halogens is 2. The molecule has 28 heavy (non-hydrogen) atoms. The summed E-state index contributed by atoms with van der Waals surface area (Å²) in [6.07, 6.45) is 9.31. The Morgan fingerprint density at radius 1 is 1.25 bits per heavy atom. The lowest BCUT2D eigenvalue weighted by molar-refractivity contribution is 0.0523. The van der Waals surface area contributed by atoms with Gasteiger partial charge in [0.05, 0.1) is 13.7 Å². The number of ether oxygens (including phenoxy) is 2. The Morgan fingerprint density at radius 2 is 1.93 bits per heavy atom. The number of rotatable bonds is 5. The van der Waals surface area contributed by atoms with Gasteiger partial charge in [-0.25, -0.2) is 0 Å². The third kappa shape index (κ3) is 6.13. The molecule has 1 aliphatic carbocycles. The van der Waals surface area contributed by atoms with Gasteiger partial charge in [-0.3, -0.25) is 4.99 Å². The average Bonchev–Trinajstić information content (AvgIpc) is 2.96. The highest BCUT2D eigenvalue weighted by Gasteiger charge is 2.37. The Morgan fingerprint density at radius 3 is 2.57 bits per heavy atom. The van der Waals surface area contributed by atoms with Gasteiger partial charge >= 0.3 is 0 Å². The van der Waals surface area contributed by atoms with Crippen molar-refractivity contribution in [1.82, 2.24) is 5.32 Å². The highest BCUT2D eigenvalue weighted by molar-refractivity contribution is 14.0. The van der Waals surface area contributed by atoms with Gasteiger partial charge in [-0.05, 0) is 43.9 Å². The zero-order valence-corrected chi connectivity index (χ0v) is 19.8. The molecular weight excluding hydrogens is 489 g/mol. The molecule has 1 saturated carbocycles. The first-order valence-corrected chi connectivity index (χ1v) is 10.5. The minimum Gasteiger partial charge on any atom is -0.496 e. The maximum atomic E-state index is 6.30. The average molecular weight is 522 g/mol. The molecule has 7 heteroatoms. The second kappa shape index (κ2) is 11.5. The first-order valence-electron chi connectivity index (χ1n) is 10.1. The first kappa shape index (κ1) is 23.5. The van der Waals surface area contributed by atoms with Crippen LogP contribution in [0.2, 0.25) is 5.02 Å². The predicted octanol–water partition coefficient (Wildman–Crippen LogP) is 4.64. The molecule has 158 valence electrons. The molecule has 0 amide bonds. The van der Waals surface area contributed by atoms with E-state index in [0.29, 0.717) is 36.8 Å². The molecule has 0 unspecified atom stereocenters. The Kier molecular flexibility index (Phi) is 9.63. The number of nitrogens with two attached hydrogens (primary N) is 1. The van der Waals surface area contributed by atoms with E-state index < -0.39 is 0 Å². The van der Waals surface area contributed by atoms with Crippen LogP contribution in [0.3, 0.4) is 0 Å². The molecule has 1 aromatic rings. The Hall–Kier alpha value is -0.730. The van der Waals surface area contributed by atoms with E-state index in [-0.39, 0.29) is 29.4 Å². The van der Waals surface area contributed by atoms with Crippen LogP contribution in [0.1, 0.15) is 56.9 Å². The van der Waals surface area contributed by atoms with Crippen molar-refractivity contribution in [3.8, 4) is 5.75 Å². The minimum atomic E-state index is -0.162. The first-order chi connectivity index (χ1) is 13.1. The quantitative estimate of drug-likeness (QED) is 0.256. The summed E-state index contributed by atoms with van der Waals surface area (Å²) in [5.74, 6) is 1.40. The summed E-state index contributed by atoms with van der Waals surface area (Å²) in [4.78, 5) is 4.76. The van der Waals surface area contributed by atoms with Crippen molar-refractivity contribution in [2.75, 3.05) is 26.9 Å². The predicted molar refractivity (Wildman–Crippen MR) is 126 cm³/mol. The van der Waals surface area contributed by atoms with Gasteiger partial charge in [-0.1, -0.05) is 37.3 Å². The number of aliphatic imine (C=N–C) groups is 1. The second-order valence-corrected chi connectivity index (χ2v) is 8.21. The van der Waals surface area contributed by atoms with Gasteiger partial charge < -0.3 is 20.5 Å². The summed E-state index contributed by atoms with van der Waals surface area (Å²) in [6, 6.07) is 6.26. The number of nitrogens with one attached hydrogen (secondary N) is 1. The SMILES string of the molecule is COc1ccc(Cl)cc1C1(CN=C(N)NC2CCCCCC2)CCOCC1.I. The maximum absolute atomic E-state index is 6.30. The van der Waals surface area contributed by atoms with Crippen molar-refractivity contribution in [2.24, 2.45) is 10.7 Å². The fourth-order valence-corrected chi connectivity index (χ4v) is 4.46. The van der Waals surface area contributed by atoms with Gasteiger partial charge in [0.25, 0.3) is 0 Å². The van der Waals surface area contributed by atoms with Gasteiger partial charge in [0, 0.05) is 35.3 Å². The molecule has 3 N–H and O–H groups in total. The second-order valence-electron chi connectivity index (χ2n) is 7.77. The topological polar surface area (TPSA) is 68.9 Å². The van der Waals surface area contributed by atoms with Crippen LogP contribution in [-0.2, 0) is 10.2 Å². The molecule has 0 spiro atoms. The molecule has 2 aliphatic rings. The van der Waals surface area contributed by atoms with Crippen LogP contribution < -0.4 is 15.8 Å². The molecular formula is C21H33ClIN3O2. The summed E-state index contributed by atoms with van der Waals surface area (Å²) in [6.45, 7) is 2.03. The summed E-state index contributed by atoms with van der Waals surface area (Å²) in [5.41, 5.74) is 7.20. The molecule has 0 atom stereocenters. The largest absolute Gasteiger partial charge is 0.496 e. The molecule has 2 fully saturated rings. The standard InChI is InChI=1S/C21H32ClN3O2.HI/c1-26-19-9-8-16(22)14-18(19)21(10-12-27-13-11-21)15-24-20(23)25-17-6-4-2-3-5-7-17;/h8-9,14,17H,2-7,10-13,15H2,1H3,(H3,23,24,25);1H. The van der Waals surface area contributed by atoms with Crippen molar-refractivity contribution in [3.05, 3.63) is 28.8 Å². The fraction of sp³-hybridized carbons (Fsp3) is 0.667. The Balaban J connectivity index is 0.00000280. The summed E-state index contributed by atoms with van der Waals surface area (Å²) < 4.78 is 11.2. The highest BCUT2D eigenvalue weighted by Crippen LogP contribution is 2.41. The van der Waals surface area contributed by atoms with E-state index in [2.05, 4.69) is 5.32 Å². The monoisotopic (exact) mass is 521 g/mol. The normalized spacial score (nSPS) is 20.7. The van der Waals surface area contributed by atoms with Crippen LogP contribution >= 0.6 is 35.6 Å². The maximum Gasteiger partial charge on any atom is 0.188 e. The van der Waals surface area contributed by atoms with Gasteiger partial charge in [0.2, 0.25) is 0 Å². The van der Waals surface area contributed by atoms with Crippen LogP contribution in [0, 0.1) is 0 Å². The summed E-state index contributed by atoms with van der Waals surface area (Å²) in [5, 5.41) is 4.16. The van der Waals surface area contributed by atoms with Crippen LogP contribution in [0.4, 0.5) is 0 Å². The minimum absolute atomic E-state index is 0. The number of hydrogen-bond acceptors (Lipinski definition) is 3. The third-order valence-electron chi connectivity index (χ3n) is 5.94. The lowest BCUT2D eigenvalue weighted by Crippen LogP contribution is -2.42. The van der Waals surface area contributed by atoms with Crippen LogP contribution in [0.25, 0.3) is 0 Å². The van der Waals surface area contributed by atoms with E-state index in [1.165, 1.54) is 38.5 Å². The number of guanidine groups is 1. The van der Waals surface area contributed by atoms with Crippen molar-refractivity contribution in [2.45, 2.75) is 62.8 Å². The van der Waals surface area contributed by atoms with E-state index in [1.54, 1.807) is 7.11 Å². The molecule has 1 aliphatic heterocycles.